The van der Waals surface area contributed by atoms with E-state index in [0.717, 1.165) is 46.4 Å². The zero-order chi connectivity index (χ0) is 22.9. The van der Waals surface area contributed by atoms with Crippen molar-refractivity contribution in [2.75, 3.05) is 13.2 Å². The van der Waals surface area contributed by atoms with Crippen molar-refractivity contribution in [3.63, 3.8) is 0 Å². The fourth-order valence-corrected chi connectivity index (χ4v) is 6.14. The predicted octanol–water partition coefficient (Wildman–Crippen LogP) is 4.78. The second kappa shape index (κ2) is 9.12. The fourth-order valence-electron chi connectivity index (χ4n) is 6.14. The Labute approximate surface area is 195 Å². The summed E-state index contributed by atoms with van der Waals surface area (Å²) in [7, 11) is 0. The van der Waals surface area contributed by atoms with Gasteiger partial charge in [-0.05, 0) is 28.7 Å². The average Bonchev–Trinajstić information content (AvgIpc) is 3.09. The summed E-state index contributed by atoms with van der Waals surface area (Å²) in [5.41, 5.74) is 4.54. The molecule has 0 aromatic heterocycles. The minimum absolute atomic E-state index is 0.145. The van der Waals surface area contributed by atoms with E-state index in [4.69, 9.17) is 4.74 Å². The summed E-state index contributed by atoms with van der Waals surface area (Å²) >= 11 is 0. The molecule has 1 heterocycles. The Morgan fingerprint density at radius 3 is 1.70 bits per heavy atom. The zero-order valence-corrected chi connectivity index (χ0v) is 19.2. The van der Waals surface area contributed by atoms with Gasteiger partial charge in [0, 0.05) is 11.8 Å². The summed E-state index contributed by atoms with van der Waals surface area (Å²) in [6.45, 7) is 2.24. The van der Waals surface area contributed by atoms with Crippen molar-refractivity contribution < 1.29 is 19.1 Å². The number of benzene rings is 2. The maximum atomic E-state index is 13.5. The highest BCUT2D eigenvalue weighted by Crippen LogP contribution is 2.60. The quantitative estimate of drug-likeness (QED) is 0.317. The van der Waals surface area contributed by atoms with E-state index in [1.807, 2.05) is 24.3 Å². The van der Waals surface area contributed by atoms with Crippen LogP contribution < -0.4 is 0 Å². The van der Waals surface area contributed by atoms with Crippen LogP contribution in [0, 0.1) is 11.8 Å². The molecule has 1 fully saturated rings. The number of amides is 2. The molecule has 172 valence electrons. The van der Waals surface area contributed by atoms with E-state index in [0.29, 0.717) is 6.61 Å². The second-order valence-electron chi connectivity index (χ2n) is 9.52. The first-order valence-corrected chi connectivity index (χ1v) is 12.3. The number of likely N-dealkylation sites (tertiary alicyclic amines) is 1. The topological polar surface area (TPSA) is 63.7 Å². The number of esters is 1. The van der Waals surface area contributed by atoms with Crippen molar-refractivity contribution in [1.29, 1.82) is 0 Å². The lowest BCUT2D eigenvalue weighted by Gasteiger charge is -2.45. The van der Waals surface area contributed by atoms with Crippen molar-refractivity contribution in [1.82, 2.24) is 4.90 Å². The number of rotatable bonds is 9. The Balaban J connectivity index is 1.30. The van der Waals surface area contributed by atoms with Crippen LogP contribution in [0.2, 0.25) is 0 Å². The van der Waals surface area contributed by atoms with E-state index in [-0.39, 0.29) is 30.2 Å². The summed E-state index contributed by atoms with van der Waals surface area (Å²) in [5, 5.41) is 0. The van der Waals surface area contributed by atoms with Crippen LogP contribution in [-0.2, 0) is 19.1 Å². The van der Waals surface area contributed by atoms with Crippen LogP contribution in [-0.4, -0.2) is 35.8 Å². The van der Waals surface area contributed by atoms with Gasteiger partial charge in [-0.25, -0.2) is 0 Å². The van der Waals surface area contributed by atoms with Gasteiger partial charge in [0.2, 0.25) is 11.8 Å². The number of ether oxygens (including phenoxy) is 1. The average molecular weight is 446 g/mol. The predicted molar refractivity (Wildman–Crippen MR) is 125 cm³/mol. The molecule has 0 N–H and O–H groups in total. The molecule has 0 saturated carbocycles. The third-order valence-corrected chi connectivity index (χ3v) is 7.59. The highest BCUT2D eigenvalue weighted by Gasteiger charge is 2.61. The lowest BCUT2D eigenvalue weighted by molar-refractivity contribution is -0.153. The van der Waals surface area contributed by atoms with E-state index in [1.54, 1.807) is 0 Å². The Morgan fingerprint density at radius 2 is 1.21 bits per heavy atom. The highest BCUT2D eigenvalue weighted by molar-refractivity contribution is 6.09. The van der Waals surface area contributed by atoms with E-state index >= 15 is 0 Å². The van der Waals surface area contributed by atoms with Gasteiger partial charge < -0.3 is 4.74 Å². The molecule has 33 heavy (non-hydrogen) atoms. The van der Waals surface area contributed by atoms with Crippen LogP contribution in [0.15, 0.2) is 48.5 Å². The standard InChI is InChI=1S/C28H31NO4/c1-2-3-4-5-6-11-16-33-22(30)17-29-27(31)25-23-18-12-7-8-13-19(18)24(26(25)28(29)32)21-15-10-9-14-20(21)23/h7-10,12-15,23-26H,2-6,11,16-17H2,1H3/t23?,24?,25-,26+. The van der Waals surface area contributed by atoms with Gasteiger partial charge in [-0.1, -0.05) is 87.6 Å². The Bertz CT molecular complexity index is 962. The molecular formula is C28H31NO4. The molecule has 3 aliphatic carbocycles. The number of hydrogen-bond donors (Lipinski definition) is 0. The molecule has 2 aromatic rings. The third kappa shape index (κ3) is 3.68. The van der Waals surface area contributed by atoms with Crippen LogP contribution in [0.25, 0.3) is 0 Å². The Morgan fingerprint density at radius 1 is 0.758 bits per heavy atom. The molecule has 2 atom stereocenters. The van der Waals surface area contributed by atoms with Gasteiger partial charge in [0.1, 0.15) is 6.54 Å². The Kier molecular flexibility index (Phi) is 6.05. The number of unbranched alkanes of at least 4 members (excludes halogenated alkanes) is 5. The van der Waals surface area contributed by atoms with Crippen LogP contribution in [0.1, 0.15) is 79.5 Å². The van der Waals surface area contributed by atoms with Gasteiger partial charge in [0.25, 0.3) is 0 Å². The van der Waals surface area contributed by atoms with E-state index in [1.165, 1.54) is 19.3 Å². The molecule has 2 amide bonds. The van der Waals surface area contributed by atoms with E-state index < -0.39 is 17.8 Å². The zero-order valence-electron chi connectivity index (χ0n) is 19.2. The van der Waals surface area contributed by atoms with Gasteiger partial charge in [0.15, 0.2) is 0 Å². The summed E-state index contributed by atoms with van der Waals surface area (Å²) in [5.74, 6) is -2.15. The largest absolute Gasteiger partial charge is 0.464 e. The number of hydrogen-bond acceptors (Lipinski definition) is 4. The lowest BCUT2D eigenvalue weighted by Crippen LogP contribution is -2.41. The fraction of sp³-hybridized carbons (Fsp3) is 0.464. The number of carbonyl (C=O) groups excluding carboxylic acids is 3. The first-order valence-electron chi connectivity index (χ1n) is 12.3. The molecule has 2 aromatic carbocycles. The van der Waals surface area contributed by atoms with Gasteiger partial charge >= 0.3 is 5.97 Å². The van der Waals surface area contributed by atoms with Crippen molar-refractivity contribution >= 4 is 17.8 Å². The van der Waals surface area contributed by atoms with Crippen LogP contribution in [0.5, 0.6) is 0 Å². The molecule has 6 rings (SSSR count). The van der Waals surface area contributed by atoms with Gasteiger partial charge in [0.05, 0.1) is 18.4 Å². The number of nitrogens with zero attached hydrogens (tertiary/aromatic N) is 1. The highest BCUT2D eigenvalue weighted by atomic mass is 16.5. The van der Waals surface area contributed by atoms with Crippen LogP contribution in [0.4, 0.5) is 0 Å². The minimum Gasteiger partial charge on any atom is -0.464 e. The molecular weight excluding hydrogens is 414 g/mol. The third-order valence-electron chi connectivity index (χ3n) is 7.59. The van der Waals surface area contributed by atoms with Gasteiger partial charge in [-0.2, -0.15) is 0 Å². The van der Waals surface area contributed by atoms with Gasteiger partial charge in [-0.15, -0.1) is 0 Å². The molecule has 0 radical (unpaired) electrons. The monoisotopic (exact) mass is 445 g/mol. The number of imide groups is 1. The molecule has 1 saturated heterocycles. The molecule has 1 aliphatic heterocycles. The molecule has 0 spiro atoms. The SMILES string of the molecule is CCCCCCCCOC(=O)CN1C(=O)[C@@H]2C3c4ccccc4C(c4ccccc43)[C@@H]2C1=O. The first kappa shape index (κ1) is 21.9. The lowest BCUT2D eigenvalue weighted by atomic mass is 9.55. The summed E-state index contributed by atoms with van der Waals surface area (Å²) in [6, 6.07) is 16.3. The molecule has 4 aliphatic rings. The summed E-state index contributed by atoms with van der Waals surface area (Å²) in [4.78, 5) is 40.6. The van der Waals surface area contributed by atoms with E-state index in [2.05, 4.69) is 31.2 Å². The smallest absolute Gasteiger partial charge is 0.326 e. The normalized spacial score (nSPS) is 24.5. The van der Waals surface area contributed by atoms with Crippen molar-refractivity contribution in [3.8, 4) is 0 Å². The molecule has 2 bridgehead atoms. The van der Waals surface area contributed by atoms with Gasteiger partial charge in [-0.3, -0.25) is 19.3 Å². The maximum absolute atomic E-state index is 13.5. The van der Waals surface area contributed by atoms with Crippen molar-refractivity contribution in [3.05, 3.63) is 70.8 Å². The maximum Gasteiger partial charge on any atom is 0.326 e. The van der Waals surface area contributed by atoms with E-state index in [9.17, 15) is 14.4 Å². The van der Waals surface area contributed by atoms with Crippen LogP contribution in [0.3, 0.4) is 0 Å². The van der Waals surface area contributed by atoms with Crippen molar-refractivity contribution in [2.24, 2.45) is 11.8 Å². The van der Waals surface area contributed by atoms with Crippen molar-refractivity contribution in [2.45, 2.75) is 57.3 Å². The molecule has 5 nitrogen and oxygen atoms in total. The number of carbonyl (C=O) groups is 3. The second-order valence-corrected chi connectivity index (χ2v) is 9.52. The Hall–Kier alpha value is -2.95. The molecule has 0 unspecified atom stereocenters. The molecule has 5 heteroatoms. The minimum atomic E-state index is -0.494. The first-order chi connectivity index (χ1) is 16.1. The summed E-state index contributed by atoms with van der Waals surface area (Å²) < 4.78 is 5.37. The summed E-state index contributed by atoms with van der Waals surface area (Å²) in [6.07, 6.45) is 6.62. The van der Waals surface area contributed by atoms with Crippen LogP contribution >= 0.6 is 0 Å².